The Kier molecular flexibility index (Phi) is 10.7. The molecule has 0 bridgehead atoms. The van der Waals surface area contributed by atoms with Gasteiger partial charge in [-0.15, -0.1) is 0 Å². The predicted octanol–water partition coefficient (Wildman–Crippen LogP) is -0.0647. The zero-order chi connectivity index (χ0) is 35.3. The summed E-state index contributed by atoms with van der Waals surface area (Å²) in [5.41, 5.74) is -2.82. The zero-order valence-electron chi connectivity index (χ0n) is 25.5. The molecule has 1 heterocycles. The van der Waals surface area contributed by atoms with Gasteiger partial charge >= 0.3 is 17.9 Å². The molecule has 3 aromatic carbocycles. The maximum atomic E-state index is 12.9. The molecule has 2 aliphatic rings. The van der Waals surface area contributed by atoms with Crippen LogP contribution in [-0.4, -0.2) is 109 Å². The fraction of sp³-hybridized carbons (Fsp3) is 0.294. The van der Waals surface area contributed by atoms with Crippen LogP contribution < -0.4 is 4.74 Å². The number of aliphatic hydroxyl groups excluding tert-OH is 4. The number of rotatable bonds is 10. The van der Waals surface area contributed by atoms with Crippen molar-refractivity contribution < 1.29 is 73.5 Å². The molecule has 0 spiro atoms. The third kappa shape index (κ3) is 7.62. The van der Waals surface area contributed by atoms with Crippen LogP contribution in [0.3, 0.4) is 0 Å². The van der Waals surface area contributed by atoms with Crippen molar-refractivity contribution in [3.05, 3.63) is 108 Å². The van der Waals surface area contributed by atoms with Crippen molar-refractivity contribution in [3.63, 3.8) is 0 Å². The highest BCUT2D eigenvalue weighted by atomic mass is 16.7. The van der Waals surface area contributed by atoms with Crippen LogP contribution >= 0.6 is 0 Å². The number of hydrogen-bond acceptors (Lipinski definition) is 15. The summed E-state index contributed by atoms with van der Waals surface area (Å²) in [6.45, 7) is -1.34. The summed E-state index contributed by atoms with van der Waals surface area (Å²) < 4.78 is 27.5. The van der Waals surface area contributed by atoms with Crippen LogP contribution in [0.2, 0.25) is 0 Å². The van der Waals surface area contributed by atoms with E-state index in [1.165, 1.54) is 36.4 Å². The molecule has 1 aliphatic carbocycles. The first kappa shape index (κ1) is 35.2. The van der Waals surface area contributed by atoms with E-state index in [9.17, 15) is 49.8 Å². The summed E-state index contributed by atoms with van der Waals surface area (Å²) in [6.07, 6.45) is -11.1. The Morgan fingerprint density at radius 2 is 1.45 bits per heavy atom. The fourth-order valence-electron chi connectivity index (χ4n) is 5.07. The second-order valence-electron chi connectivity index (χ2n) is 11.1. The van der Waals surface area contributed by atoms with Crippen molar-refractivity contribution in [3.8, 4) is 11.5 Å². The first-order valence-corrected chi connectivity index (χ1v) is 14.9. The molecule has 8 atom stereocenters. The smallest absolute Gasteiger partial charge is 0.344 e. The molecule has 1 aliphatic heterocycles. The van der Waals surface area contributed by atoms with Gasteiger partial charge in [0.2, 0.25) is 11.9 Å². The van der Waals surface area contributed by atoms with Crippen molar-refractivity contribution in [1.82, 2.24) is 0 Å². The van der Waals surface area contributed by atoms with E-state index in [1.54, 1.807) is 36.4 Å². The van der Waals surface area contributed by atoms with Gasteiger partial charge in [-0.3, -0.25) is 4.79 Å². The van der Waals surface area contributed by atoms with Gasteiger partial charge in [-0.05, 0) is 54.6 Å². The Morgan fingerprint density at radius 1 is 0.816 bits per heavy atom. The van der Waals surface area contributed by atoms with E-state index in [0.717, 1.165) is 18.2 Å². The summed E-state index contributed by atoms with van der Waals surface area (Å²) in [5, 5.41) is 63.4. The van der Waals surface area contributed by atoms with Gasteiger partial charge in [0.1, 0.15) is 43.0 Å². The highest BCUT2D eigenvalue weighted by Crippen LogP contribution is 2.32. The van der Waals surface area contributed by atoms with Gasteiger partial charge in [0.25, 0.3) is 0 Å². The Morgan fingerprint density at radius 3 is 2.10 bits per heavy atom. The standard InChI is InChI=1S/C34H32O15/c35-21-11-13-23(20(15-21)16-46-33(43)34(44)25(37)14-12-22(36)29(34)40)47-32-27(39)28(49-31(42)19-9-5-2-6-10-19)26(38)24(48-32)17-45-30(41)18-7-3-1-4-8-18/h1-15,24-29,32,35,37-40,44H,16-17H2/t24-,25-,26-,27-,28+,29+,32-,34-/m1/s1. The lowest BCUT2D eigenvalue weighted by Crippen LogP contribution is -2.62. The predicted molar refractivity (Wildman–Crippen MR) is 163 cm³/mol. The number of aliphatic hydroxyl groups is 5. The molecule has 1 saturated heterocycles. The molecular formula is C34H32O15. The average Bonchev–Trinajstić information content (AvgIpc) is 3.11. The molecule has 0 amide bonds. The molecular weight excluding hydrogens is 648 g/mol. The first-order chi connectivity index (χ1) is 23.4. The first-order valence-electron chi connectivity index (χ1n) is 14.9. The van der Waals surface area contributed by atoms with E-state index >= 15 is 0 Å². The van der Waals surface area contributed by atoms with Crippen molar-refractivity contribution in [1.29, 1.82) is 0 Å². The molecule has 6 N–H and O–H groups in total. The number of ether oxygens (including phenoxy) is 5. The summed E-state index contributed by atoms with van der Waals surface area (Å²) in [6, 6.07) is 19.1. The van der Waals surface area contributed by atoms with Crippen molar-refractivity contribution >= 4 is 23.7 Å². The summed E-state index contributed by atoms with van der Waals surface area (Å²) in [5.74, 6) is -4.82. The fourth-order valence-corrected chi connectivity index (χ4v) is 5.07. The number of carbonyl (C=O) groups is 4. The lowest BCUT2D eigenvalue weighted by molar-refractivity contribution is -0.276. The van der Waals surface area contributed by atoms with Crippen LogP contribution in [0.4, 0.5) is 0 Å². The van der Waals surface area contributed by atoms with Gasteiger partial charge in [-0.2, -0.15) is 0 Å². The average molecular weight is 681 g/mol. The number of carbonyl (C=O) groups excluding carboxylic acids is 4. The minimum atomic E-state index is -3.04. The Balaban J connectivity index is 1.36. The molecule has 15 heteroatoms. The zero-order valence-corrected chi connectivity index (χ0v) is 25.5. The van der Waals surface area contributed by atoms with Crippen molar-refractivity contribution in [2.75, 3.05) is 6.61 Å². The number of phenolic OH excluding ortho intramolecular Hbond substituents is 1. The molecule has 0 radical (unpaired) electrons. The van der Waals surface area contributed by atoms with Crippen LogP contribution in [0, 0.1) is 0 Å². The highest BCUT2D eigenvalue weighted by Gasteiger charge is 2.55. The number of phenols is 1. The normalized spacial score (nSPS) is 27.9. The van der Waals surface area contributed by atoms with Crippen LogP contribution in [-0.2, 0) is 35.1 Å². The van der Waals surface area contributed by atoms with E-state index in [-0.39, 0.29) is 28.2 Å². The van der Waals surface area contributed by atoms with Gasteiger partial charge < -0.3 is 54.3 Å². The minimum absolute atomic E-state index is 0.0922. The van der Waals surface area contributed by atoms with Crippen LogP contribution in [0.5, 0.6) is 11.5 Å². The van der Waals surface area contributed by atoms with Crippen LogP contribution in [0.25, 0.3) is 0 Å². The van der Waals surface area contributed by atoms with E-state index in [2.05, 4.69) is 0 Å². The Hall–Kier alpha value is -5.16. The van der Waals surface area contributed by atoms with Gasteiger partial charge in [0.05, 0.1) is 11.1 Å². The molecule has 258 valence electrons. The third-order valence-corrected chi connectivity index (χ3v) is 7.84. The summed E-state index contributed by atoms with van der Waals surface area (Å²) in [7, 11) is 0. The summed E-state index contributed by atoms with van der Waals surface area (Å²) in [4.78, 5) is 50.2. The highest BCUT2D eigenvalue weighted by molar-refractivity contribution is 6.01. The molecule has 5 rings (SSSR count). The number of ketones is 1. The molecule has 0 aromatic heterocycles. The second kappa shape index (κ2) is 14.9. The Bertz CT molecular complexity index is 1690. The molecule has 15 nitrogen and oxygen atoms in total. The SMILES string of the molecule is O=C(OC[C@H]1O[C@@H](Oc2ccc(O)cc2COC(=O)[C@@]2(O)[C@H](O)C=CC(=O)[C@@H]2O)[C@H](O)[C@@H](OC(=O)c2ccccc2)[C@@H]1O)c1ccccc1. The lowest BCUT2D eigenvalue weighted by atomic mass is 9.83. The van der Waals surface area contributed by atoms with Gasteiger partial charge in [-0.1, -0.05) is 36.4 Å². The minimum Gasteiger partial charge on any atom is -0.508 e. The van der Waals surface area contributed by atoms with Gasteiger partial charge in [0.15, 0.2) is 24.1 Å². The van der Waals surface area contributed by atoms with Crippen LogP contribution in [0.1, 0.15) is 26.3 Å². The quantitative estimate of drug-likeness (QED) is 0.122. The number of esters is 3. The molecule has 0 saturated carbocycles. The largest absolute Gasteiger partial charge is 0.508 e. The van der Waals surface area contributed by atoms with E-state index < -0.39 is 85.4 Å². The monoisotopic (exact) mass is 680 g/mol. The topological polar surface area (TPSA) is 236 Å². The maximum absolute atomic E-state index is 12.9. The van der Waals surface area contributed by atoms with Gasteiger partial charge in [0, 0.05) is 5.56 Å². The number of benzene rings is 3. The summed E-state index contributed by atoms with van der Waals surface area (Å²) >= 11 is 0. The van der Waals surface area contributed by atoms with E-state index in [4.69, 9.17) is 23.7 Å². The van der Waals surface area contributed by atoms with Gasteiger partial charge in [-0.25, -0.2) is 14.4 Å². The van der Waals surface area contributed by atoms with Crippen molar-refractivity contribution in [2.24, 2.45) is 0 Å². The van der Waals surface area contributed by atoms with E-state index in [1.807, 2.05) is 0 Å². The number of hydrogen-bond donors (Lipinski definition) is 6. The lowest BCUT2D eigenvalue weighted by Gasteiger charge is -2.41. The van der Waals surface area contributed by atoms with E-state index in [0.29, 0.717) is 0 Å². The Labute approximate surface area is 278 Å². The maximum Gasteiger partial charge on any atom is 0.344 e. The molecule has 0 unspecified atom stereocenters. The second-order valence-corrected chi connectivity index (χ2v) is 11.1. The molecule has 3 aromatic rings. The van der Waals surface area contributed by atoms with Crippen molar-refractivity contribution in [2.45, 2.75) is 55.1 Å². The van der Waals surface area contributed by atoms with Crippen LogP contribution in [0.15, 0.2) is 91.0 Å². The number of aromatic hydroxyl groups is 1. The molecule has 49 heavy (non-hydrogen) atoms. The molecule has 1 fully saturated rings. The third-order valence-electron chi connectivity index (χ3n) is 7.84.